The van der Waals surface area contributed by atoms with E-state index in [1.54, 1.807) is 19.3 Å². The lowest BCUT2D eigenvalue weighted by Crippen LogP contribution is -2.48. The minimum absolute atomic E-state index is 0.00605. The monoisotopic (exact) mass is 316 g/mol. The fourth-order valence-corrected chi connectivity index (χ4v) is 2.89. The predicted octanol–water partition coefficient (Wildman–Crippen LogP) is 0.814. The third-order valence-corrected chi connectivity index (χ3v) is 4.34. The van der Waals surface area contributed by atoms with Gasteiger partial charge in [0.2, 0.25) is 5.91 Å². The largest absolute Gasteiger partial charge is 0.393 e. The Morgan fingerprint density at radius 2 is 2.13 bits per heavy atom. The van der Waals surface area contributed by atoms with Crippen molar-refractivity contribution >= 4 is 5.91 Å². The summed E-state index contributed by atoms with van der Waals surface area (Å²) in [5.41, 5.74) is 2.30. The molecule has 0 unspecified atom stereocenters. The molecule has 0 radical (unpaired) electrons. The maximum Gasteiger partial charge on any atom is 0.226 e. The van der Waals surface area contributed by atoms with E-state index in [0.717, 1.165) is 24.8 Å². The number of aliphatic hydroxyl groups excluding tert-OH is 1. The molecule has 1 aliphatic rings. The molecule has 23 heavy (non-hydrogen) atoms. The number of aryl methyl sites for hydroxylation is 1. The molecule has 0 bridgehead atoms. The van der Waals surface area contributed by atoms with Gasteiger partial charge in [0.05, 0.1) is 12.5 Å². The summed E-state index contributed by atoms with van der Waals surface area (Å²) >= 11 is 0. The second kappa shape index (κ2) is 6.87. The van der Waals surface area contributed by atoms with Crippen LogP contribution in [0.2, 0.25) is 0 Å². The second-order valence-corrected chi connectivity index (χ2v) is 6.09. The average Bonchev–Trinajstić information content (AvgIpc) is 2.89. The van der Waals surface area contributed by atoms with Crippen LogP contribution < -0.4 is 5.32 Å². The lowest BCUT2D eigenvalue weighted by molar-refractivity contribution is -0.122. The van der Waals surface area contributed by atoms with E-state index in [1.807, 2.05) is 12.1 Å². The SMILES string of the molecule is Cc1nonc1CC(=O)N[C@@H](Cc1ccncc1)C1CC(O)C1. The molecule has 1 saturated carbocycles. The Morgan fingerprint density at radius 1 is 1.39 bits per heavy atom. The summed E-state index contributed by atoms with van der Waals surface area (Å²) in [6, 6.07) is 3.88. The van der Waals surface area contributed by atoms with Crippen LogP contribution in [0.4, 0.5) is 0 Å². The van der Waals surface area contributed by atoms with Crippen molar-refractivity contribution in [3.05, 3.63) is 41.5 Å². The first-order valence-electron chi connectivity index (χ1n) is 7.76. The Balaban J connectivity index is 1.63. The quantitative estimate of drug-likeness (QED) is 0.818. The van der Waals surface area contributed by atoms with Crippen molar-refractivity contribution in [2.24, 2.45) is 5.92 Å². The Kier molecular flexibility index (Phi) is 4.66. The fourth-order valence-electron chi connectivity index (χ4n) is 2.89. The van der Waals surface area contributed by atoms with E-state index in [4.69, 9.17) is 0 Å². The first-order chi connectivity index (χ1) is 11.1. The summed E-state index contributed by atoms with van der Waals surface area (Å²) in [5.74, 6) is 0.183. The van der Waals surface area contributed by atoms with Crippen molar-refractivity contribution in [3.8, 4) is 0 Å². The molecule has 0 aliphatic heterocycles. The Morgan fingerprint density at radius 3 is 2.74 bits per heavy atom. The summed E-state index contributed by atoms with van der Waals surface area (Å²) in [7, 11) is 0. The van der Waals surface area contributed by atoms with Crippen LogP contribution >= 0.6 is 0 Å². The maximum absolute atomic E-state index is 12.3. The molecule has 0 spiro atoms. The first-order valence-corrected chi connectivity index (χ1v) is 7.76. The first kappa shape index (κ1) is 15.6. The number of carbonyl (C=O) groups excluding carboxylic acids is 1. The molecule has 7 nitrogen and oxygen atoms in total. The molecule has 1 fully saturated rings. The number of amides is 1. The molecule has 2 aromatic rings. The van der Waals surface area contributed by atoms with E-state index in [2.05, 4.69) is 25.2 Å². The third kappa shape index (κ3) is 3.92. The Hall–Kier alpha value is -2.28. The van der Waals surface area contributed by atoms with Gasteiger partial charge in [0.15, 0.2) is 0 Å². The fraction of sp³-hybridized carbons (Fsp3) is 0.500. The molecule has 1 aliphatic carbocycles. The van der Waals surface area contributed by atoms with Gasteiger partial charge < -0.3 is 10.4 Å². The van der Waals surface area contributed by atoms with Gasteiger partial charge in [0.25, 0.3) is 0 Å². The van der Waals surface area contributed by atoms with Gasteiger partial charge in [-0.15, -0.1) is 0 Å². The van der Waals surface area contributed by atoms with Crippen molar-refractivity contribution in [2.75, 3.05) is 0 Å². The number of hydrogen-bond acceptors (Lipinski definition) is 6. The molecule has 3 rings (SSSR count). The van der Waals surface area contributed by atoms with Crippen LogP contribution in [0.25, 0.3) is 0 Å². The van der Waals surface area contributed by atoms with Crippen LogP contribution in [0.15, 0.2) is 29.2 Å². The minimum Gasteiger partial charge on any atom is -0.393 e. The minimum atomic E-state index is -0.251. The predicted molar refractivity (Wildman–Crippen MR) is 81.3 cm³/mol. The van der Waals surface area contributed by atoms with E-state index in [1.165, 1.54) is 0 Å². The molecule has 2 heterocycles. The van der Waals surface area contributed by atoms with Gasteiger partial charge >= 0.3 is 0 Å². The van der Waals surface area contributed by atoms with Crippen molar-refractivity contribution in [2.45, 2.75) is 44.8 Å². The highest BCUT2D eigenvalue weighted by Crippen LogP contribution is 2.31. The highest BCUT2D eigenvalue weighted by molar-refractivity contribution is 5.78. The number of carbonyl (C=O) groups is 1. The molecule has 0 aromatic carbocycles. The van der Waals surface area contributed by atoms with Crippen LogP contribution in [0, 0.1) is 12.8 Å². The van der Waals surface area contributed by atoms with E-state index in [0.29, 0.717) is 17.3 Å². The molecular formula is C16H20N4O3. The van der Waals surface area contributed by atoms with E-state index >= 15 is 0 Å². The molecule has 122 valence electrons. The number of nitrogens with one attached hydrogen (secondary N) is 1. The van der Waals surface area contributed by atoms with Gasteiger partial charge in [-0.2, -0.15) is 0 Å². The van der Waals surface area contributed by atoms with Crippen LogP contribution in [-0.2, 0) is 17.6 Å². The highest BCUT2D eigenvalue weighted by atomic mass is 16.6. The normalized spacial score (nSPS) is 21.5. The van der Waals surface area contributed by atoms with Crippen LogP contribution in [0.1, 0.15) is 29.8 Å². The highest BCUT2D eigenvalue weighted by Gasteiger charge is 2.34. The van der Waals surface area contributed by atoms with Crippen molar-refractivity contribution in [3.63, 3.8) is 0 Å². The van der Waals surface area contributed by atoms with Crippen molar-refractivity contribution in [1.29, 1.82) is 0 Å². The molecule has 1 amide bonds. The van der Waals surface area contributed by atoms with Gasteiger partial charge in [-0.3, -0.25) is 9.78 Å². The van der Waals surface area contributed by atoms with E-state index in [9.17, 15) is 9.90 Å². The summed E-state index contributed by atoms with van der Waals surface area (Å²) < 4.78 is 4.62. The zero-order chi connectivity index (χ0) is 16.2. The van der Waals surface area contributed by atoms with Gasteiger partial charge in [-0.05, 0) is 49.8 Å². The van der Waals surface area contributed by atoms with E-state index in [-0.39, 0.29) is 24.5 Å². The van der Waals surface area contributed by atoms with Crippen LogP contribution in [-0.4, -0.2) is 38.5 Å². The van der Waals surface area contributed by atoms with Gasteiger partial charge in [-0.1, -0.05) is 10.3 Å². The molecular weight excluding hydrogens is 296 g/mol. The standard InChI is InChI=1S/C16H20N4O3/c1-10-14(20-23-19-10)9-16(22)18-15(12-7-13(21)8-12)6-11-2-4-17-5-3-11/h2-5,12-13,15,21H,6-9H2,1H3,(H,18,22)/t12?,13?,15-/m0/s1. The van der Waals surface area contributed by atoms with Crippen LogP contribution in [0.5, 0.6) is 0 Å². The van der Waals surface area contributed by atoms with Gasteiger partial charge in [0, 0.05) is 18.4 Å². The zero-order valence-corrected chi connectivity index (χ0v) is 13.0. The zero-order valence-electron chi connectivity index (χ0n) is 13.0. The van der Waals surface area contributed by atoms with Gasteiger partial charge in [-0.25, -0.2) is 4.63 Å². The number of aliphatic hydroxyl groups is 1. The van der Waals surface area contributed by atoms with Crippen molar-refractivity contribution < 1.29 is 14.5 Å². The smallest absolute Gasteiger partial charge is 0.226 e. The summed E-state index contributed by atoms with van der Waals surface area (Å²) in [4.78, 5) is 16.3. The van der Waals surface area contributed by atoms with Gasteiger partial charge in [0.1, 0.15) is 11.4 Å². The second-order valence-electron chi connectivity index (χ2n) is 6.09. The molecule has 7 heteroatoms. The summed E-state index contributed by atoms with van der Waals surface area (Å²) in [6.45, 7) is 1.76. The topological polar surface area (TPSA) is 101 Å². The molecule has 2 aromatic heterocycles. The Bertz CT molecular complexity index is 652. The van der Waals surface area contributed by atoms with E-state index < -0.39 is 0 Å². The number of pyridine rings is 1. The maximum atomic E-state index is 12.3. The third-order valence-electron chi connectivity index (χ3n) is 4.34. The van der Waals surface area contributed by atoms with Crippen molar-refractivity contribution in [1.82, 2.24) is 20.6 Å². The van der Waals surface area contributed by atoms with Crippen LogP contribution in [0.3, 0.4) is 0 Å². The number of nitrogens with zero attached hydrogens (tertiary/aromatic N) is 3. The number of hydrogen-bond donors (Lipinski definition) is 2. The Labute approximate surface area is 134 Å². The lowest BCUT2D eigenvalue weighted by atomic mass is 9.75. The molecule has 2 N–H and O–H groups in total. The average molecular weight is 316 g/mol. The number of rotatable bonds is 6. The molecule has 1 atom stereocenters. The molecule has 0 saturated heterocycles. The summed E-state index contributed by atoms with van der Waals surface area (Å²) in [6.07, 6.45) is 5.56. The number of aromatic nitrogens is 3. The lowest BCUT2D eigenvalue weighted by Gasteiger charge is -2.38. The summed E-state index contributed by atoms with van der Waals surface area (Å²) in [5, 5.41) is 20.1.